The standard InChI is InChI=1S/C25H23ClF3N3O3/c1-35-22-12-21(31-24(34)25(27,28)29)20(26)11-19(22)23(33)30-17-9-10-32(14-17)13-16-7-4-6-15-5-2-3-8-18(15)16/h2-8,11-12,17H,9-10,13-14H2,1H3,(H,30,33)(H,31,34)/t17-/m0/s1. The van der Waals surface area contributed by atoms with Crippen molar-refractivity contribution in [1.29, 1.82) is 0 Å². The molecule has 3 aromatic carbocycles. The third-order valence-electron chi connectivity index (χ3n) is 5.92. The van der Waals surface area contributed by atoms with Crippen molar-refractivity contribution in [2.45, 2.75) is 25.2 Å². The van der Waals surface area contributed by atoms with E-state index < -0.39 is 18.0 Å². The quantitative estimate of drug-likeness (QED) is 0.494. The van der Waals surface area contributed by atoms with Gasteiger partial charge in [-0.1, -0.05) is 54.1 Å². The first-order valence-electron chi connectivity index (χ1n) is 10.9. The molecule has 0 radical (unpaired) electrons. The Hall–Kier alpha value is -3.30. The number of halogens is 4. The second-order valence-electron chi connectivity index (χ2n) is 8.32. The predicted molar refractivity (Wildman–Crippen MR) is 128 cm³/mol. The molecule has 6 nitrogen and oxygen atoms in total. The van der Waals surface area contributed by atoms with Crippen LogP contribution in [0.25, 0.3) is 10.8 Å². The molecule has 2 N–H and O–H groups in total. The number of carbonyl (C=O) groups is 2. The largest absolute Gasteiger partial charge is 0.496 e. The Balaban J connectivity index is 1.42. The molecule has 1 saturated heterocycles. The fourth-order valence-electron chi connectivity index (χ4n) is 4.22. The molecule has 0 spiro atoms. The maximum Gasteiger partial charge on any atom is 0.471 e. The molecule has 35 heavy (non-hydrogen) atoms. The number of amides is 2. The SMILES string of the molecule is COc1cc(NC(=O)C(F)(F)F)c(Cl)cc1C(=O)N[C@H]1CCN(Cc2cccc3ccccc23)C1. The molecule has 2 amide bonds. The number of anilines is 1. The molecule has 0 bridgehead atoms. The minimum absolute atomic E-state index is 0.00465. The number of alkyl halides is 3. The Morgan fingerprint density at radius 1 is 1.14 bits per heavy atom. The van der Waals surface area contributed by atoms with Crippen molar-refractivity contribution in [2.75, 3.05) is 25.5 Å². The second kappa shape index (κ2) is 10.1. The average Bonchev–Trinajstić information content (AvgIpc) is 3.26. The number of ether oxygens (including phenoxy) is 1. The maximum atomic E-state index is 12.9. The summed E-state index contributed by atoms with van der Waals surface area (Å²) < 4.78 is 42.9. The molecule has 1 atom stereocenters. The lowest BCUT2D eigenvalue weighted by Crippen LogP contribution is -2.37. The Morgan fingerprint density at radius 3 is 2.63 bits per heavy atom. The van der Waals surface area contributed by atoms with E-state index in [0.29, 0.717) is 6.54 Å². The summed E-state index contributed by atoms with van der Waals surface area (Å²) in [4.78, 5) is 26.4. The van der Waals surface area contributed by atoms with Crippen molar-refractivity contribution in [3.05, 3.63) is 70.7 Å². The van der Waals surface area contributed by atoms with Crippen LogP contribution in [0.4, 0.5) is 18.9 Å². The number of rotatable bonds is 6. The minimum atomic E-state index is -5.08. The van der Waals surface area contributed by atoms with Crippen LogP contribution in [0.3, 0.4) is 0 Å². The summed E-state index contributed by atoms with van der Waals surface area (Å²) in [6.07, 6.45) is -4.33. The van der Waals surface area contributed by atoms with Gasteiger partial charge in [0, 0.05) is 31.7 Å². The van der Waals surface area contributed by atoms with Crippen LogP contribution in [-0.2, 0) is 11.3 Å². The summed E-state index contributed by atoms with van der Waals surface area (Å²) in [5, 5.41) is 6.80. The molecule has 3 aromatic rings. The Morgan fingerprint density at radius 2 is 1.89 bits per heavy atom. The lowest BCUT2D eigenvalue weighted by molar-refractivity contribution is -0.167. The molecule has 1 fully saturated rings. The van der Waals surface area contributed by atoms with E-state index in [-0.39, 0.29) is 28.1 Å². The maximum absolute atomic E-state index is 12.9. The highest BCUT2D eigenvalue weighted by atomic mass is 35.5. The van der Waals surface area contributed by atoms with E-state index in [2.05, 4.69) is 34.5 Å². The van der Waals surface area contributed by atoms with Crippen molar-refractivity contribution in [2.24, 2.45) is 0 Å². The molecule has 184 valence electrons. The van der Waals surface area contributed by atoms with Crippen molar-refractivity contribution in [3.8, 4) is 5.75 Å². The third-order valence-corrected chi connectivity index (χ3v) is 6.23. The Kier molecular flexibility index (Phi) is 7.18. The van der Waals surface area contributed by atoms with Gasteiger partial charge in [-0.25, -0.2) is 0 Å². The van der Waals surface area contributed by atoms with Crippen LogP contribution >= 0.6 is 11.6 Å². The van der Waals surface area contributed by atoms with Gasteiger partial charge >= 0.3 is 12.1 Å². The van der Waals surface area contributed by atoms with Crippen LogP contribution in [-0.4, -0.2) is 49.1 Å². The van der Waals surface area contributed by atoms with Crippen molar-refractivity contribution < 1.29 is 27.5 Å². The molecule has 1 heterocycles. The highest BCUT2D eigenvalue weighted by Crippen LogP contribution is 2.32. The molecular formula is C25H23ClF3N3O3. The first kappa shape index (κ1) is 24.8. The molecule has 1 aliphatic rings. The molecule has 0 aromatic heterocycles. The van der Waals surface area contributed by atoms with Gasteiger partial charge in [0.1, 0.15) is 5.75 Å². The number of methoxy groups -OCH3 is 1. The third kappa shape index (κ3) is 5.68. The Labute approximate surface area is 205 Å². The van der Waals surface area contributed by atoms with E-state index in [1.807, 2.05) is 18.2 Å². The molecule has 1 aliphatic heterocycles. The lowest BCUT2D eigenvalue weighted by atomic mass is 10.0. The topological polar surface area (TPSA) is 70.7 Å². The smallest absolute Gasteiger partial charge is 0.471 e. The predicted octanol–water partition coefficient (Wildman–Crippen LogP) is 5.01. The lowest BCUT2D eigenvalue weighted by Gasteiger charge is -2.19. The van der Waals surface area contributed by atoms with Gasteiger partial charge in [0.2, 0.25) is 0 Å². The normalized spacial score (nSPS) is 16.3. The van der Waals surface area contributed by atoms with Crippen LogP contribution in [0, 0.1) is 0 Å². The van der Waals surface area contributed by atoms with Crippen LogP contribution < -0.4 is 15.4 Å². The molecule has 0 unspecified atom stereocenters. The van der Waals surface area contributed by atoms with Gasteiger partial charge in [0.25, 0.3) is 5.91 Å². The van der Waals surface area contributed by atoms with Gasteiger partial charge in [0.15, 0.2) is 0 Å². The number of likely N-dealkylation sites (tertiary alicyclic amines) is 1. The first-order valence-corrected chi connectivity index (χ1v) is 11.3. The summed E-state index contributed by atoms with van der Waals surface area (Å²) >= 11 is 6.05. The van der Waals surface area contributed by atoms with Crippen molar-refractivity contribution in [1.82, 2.24) is 10.2 Å². The van der Waals surface area contributed by atoms with E-state index in [1.165, 1.54) is 29.5 Å². The average molecular weight is 506 g/mol. The van der Waals surface area contributed by atoms with E-state index in [0.717, 1.165) is 25.6 Å². The second-order valence-corrected chi connectivity index (χ2v) is 8.72. The fourth-order valence-corrected chi connectivity index (χ4v) is 4.43. The number of hydrogen-bond acceptors (Lipinski definition) is 4. The van der Waals surface area contributed by atoms with Gasteiger partial charge in [-0.05, 0) is 28.8 Å². The van der Waals surface area contributed by atoms with Crippen LogP contribution in [0.5, 0.6) is 5.75 Å². The highest BCUT2D eigenvalue weighted by molar-refractivity contribution is 6.34. The molecule has 0 aliphatic carbocycles. The van der Waals surface area contributed by atoms with Gasteiger partial charge in [0.05, 0.1) is 23.4 Å². The van der Waals surface area contributed by atoms with Crippen LogP contribution in [0.1, 0.15) is 22.3 Å². The van der Waals surface area contributed by atoms with Gasteiger partial charge in [-0.3, -0.25) is 14.5 Å². The number of hydrogen-bond donors (Lipinski definition) is 2. The minimum Gasteiger partial charge on any atom is -0.496 e. The molecule has 10 heteroatoms. The molecular weight excluding hydrogens is 483 g/mol. The number of fused-ring (bicyclic) bond motifs is 1. The number of benzene rings is 3. The van der Waals surface area contributed by atoms with E-state index in [4.69, 9.17) is 16.3 Å². The van der Waals surface area contributed by atoms with Crippen molar-refractivity contribution >= 4 is 39.9 Å². The van der Waals surface area contributed by atoms with E-state index >= 15 is 0 Å². The summed E-state index contributed by atoms with van der Waals surface area (Å²) in [6.45, 7) is 2.19. The van der Waals surface area contributed by atoms with E-state index in [1.54, 1.807) is 5.32 Å². The summed E-state index contributed by atoms with van der Waals surface area (Å²) in [5.74, 6) is -2.64. The number of carbonyl (C=O) groups excluding carboxylic acids is 2. The zero-order valence-corrected chi connectivity index (χ0v) is 19.5. The van der Waals surface area contributed by atoms with E-state index in [9.17, 15) is 22.8 Å². The number of nitrogens with zero attached hydrogens (tertiary/aromatic N) is 1. The fraction of sp³-hybridized carbons (Fsp3) is 0.280. The monoisotopic (exact) mass is 505 g/mol. The van der Waals surface area contributed by atoms with Gasteiger partial charge in [-0.15, -0.1) is 0 Å². The summed E-state index contributed by atoms with van der Waals surface area (Å²) in [6, 6.07) is 16.6. The van der Waals surface area contributed by atoms with Crippen molar-refractivity contribution in [3.63, 3.8) is 0 Å². The molecule has 4 rings (SSSR count). The number of nitrogens with one attached hydrogen (secondary N) is 2. The van der Waals surface area contributed by atoms with Gasteiger partial charge in [-0.2, -0.15) is 13.2 Å². The first-order chi connectivity index (χ1) is 16.7. The zero-order chi connectivity index (χ0) is 25.2. The highest BCUT2D eigenvalue weighted by Gasteiger charge is 2.39. The van der Waals surface area contributed by atoms with Crippen LogP contribution in [0.2, 0.25) is 5.02 Å². The molecule has 0 saturated carbocycles. The van der Waals surface area contributed by atoms with Gasteiger partial charge < -0.3 is 15.4 Å². The zero-order valence-electron chi connectivity index (χ0n) is 18.8. The van der Waals surface area contributed by atoms with Crippen LogP contribution in [0.15, 0.2) is 54.6 Å². The Bertz CT molecular complexity index is 1260. The summed E-state index contributed by atoms with van der Waals surface area (Å²) in [7, 11) is 1.27. The summed E-state index contributed by atoms with van der Waals surface area (Å²) in [5.41, 5.74) is 0.972.